The molecule has 9 heteroatoms. The molecule has 2 rings (SSSR count). The largest absolute Gasteiger partial charge is 0.316 e. The zero-order valence-electron chi connectivity index (χ0n) is 14.0. The topological polar surface area (TPSA) is 101 Å². The molecule has 1 aliphatic rings. The second kappa shape index (κ2) is 8.24. The summed E-state index contributed by atoms with van der Waals surface area (Å²) in [7, 11) is -3.80. The van der Waals surface area contributed by atoms with Crippen LogP contribution in [0.3, 0.4) is 0 Å². The first-order valence-corrected chi connectivity index (χ1v) is 9.19. The van der Waals surface area contributed by atoms with E-state index in [0.717, 1.165) is 32.0 Å². The van der Waals surface area contributed by atoms with Crippen LogP contribution in [0.15, 0.2) is 17.0 Å². The fourth-order valence-electron chi connectivity index (χ4n) is 2.90. The molecule has 0 aromatic heterocycles. The van der Waals surface area contributed by atoms with Crippen molar-refractivity contribution in [2.75, 3.05) is 13.1 Å². The lowest BCUT2D eigenvalue weighted by atomic mass is 9.94. The summed E-state index contributed by atoms with van der Waals surface area (Å²) >= 11 is 0. The van der Waals surface area contributed by atoms with Gasteiger partial charge in [-0.3, -0.25) is 10.1 Å². The van der Waals surface area contributed by atoms with E-state index in [-0.39, 0.29) is 34.9 Å². The number of hydrogen-bond acceptors (Lipinski definition) is 5. The van der Waals surface area contributed by atoms with Crippen LogP contribution >= 0.6 is 12.4 Å². The maximum atomic E-state index is 12.7. The maximum Gasteiger partial charge on any atom is 0.271 e. The number of nitrogens with one attached hydrogen (secondary N) is 2. The molecule has 0 amide bonds. The summed E-state index contributed by atoms with van der Waals surface area (Å²) < 4.78 is 28.0. The van der Waals surface area contributed by atoms with Crippen molar-refractivity contribution in [2.24, 2.45) is 5.92 Å². The van der Waals surface area contributed by atoms with E-state index < -0.39 is 14.9 Å². The van der Waals surface area contributed by atoms with Crippen LogP contribution < -0.4 is 10.0 Å². The third-order valence-electron chi connectivity index (χ3n) is 4.49. The van der Waals surface area contributed by atoms with Crippen molar-refractivity contribution in [3.05, 3.63) is 33.4 Å². The van der Waals surface area contributed by atoms with E-state index in [1.165, 1.54) is 6.07 Å². The zero-order valence-corrected chi connectivity index (χ0v) is 15.7. The first-order valence-electron chi connectivity index (χ1n) is 7.71. The molecule has 1 heterocycles. The first-order chi connectivity index (χ1) is 10.7. The van der Waals surface area contributed by atoms with Gasteiger partial charge in [0.05, 0.1) is 9.82 Å². The van der Waals surface area contributed by atoms with Crippen molar-refractivity contribution < 1.29 is 13.3 Å². The van der Waals surface area contributed by atoms with Gasteiger partial charge in [0.1, 0.15) is 0 Å². The summed E-state index contributed by atoms with van der Waals surface area (Å²) in [5, 5.41) is 14.3. The monoisotopic (exact) mass is 377 g/mol. The smallest absolute Gasteiger partial charge is 0.271 e. The van der Waals surface area contributed by atoms with Crippen molar-refractivity contribution in [3.63, 3.8) is 0 Å². The number of nitrogens with zero attached hydrogens (tertiary/aromatic N) is 1. The molecule has 136 valence electrons. The Kier molecular flexibility index (Phi) is 7.15. The Balaban J connectivity index is 0.00000288. The van der Waals surface area contributed by atoms with Gasteiger partial charge in [0, 0.05) is 18.2 Å². The van der Waals surface area contributed by atoms with E-state index in [1.807, 2.05) is 6.92 Å². The van der Waals surface area contributed by atoms with Gasteiger partial charge < -0.3 is 5.32 Å². The van der Waals surface area contributed by atoms with Gasteiger partial charge in [-0.15, -0.1) is 12.4 Å². The van der Waals surface area contributed by atoms with Crippen LogP contribution in [0.2, 0.25) is 0 Å². The van der Waals surface area contributed by atoms with Gasteiger partial charge in [-0.25, -0.2) is 13.1 Å². The molecule has 24 heavy (non-hydrogen) atoms. The molecule has 0 aliphatic carbocycles. The molecule has 1 saturated heterocycles. The van der Waals surface area contributed by atoms with Crippen LogP contribution in [0.5, 0.6) is 0 Å². The average Bonchev–Trinajstić information content (AvgIpc) is 2.49. The van der Waals surface area contributed by atoms with Gasteiger partial charge in [-0.05, 0) is 63.7 Å². The average molecular weight is 378 g/mol. The highest BCUT2D eigenvalue weighted by Crippen LogP contribution is 2.26. The highest BCUT2D eigenvalue weighted by atomic mass is 35.5. The lowest BCUT2D eigenvalue weighted by molar-refractivity contribution is -0.385. The predicted molar refractivity (Wildman–Crippen MR) is 95.2 cm³/mol. The molecular formula is C15H24ClN3O4S. The normalized spacial score (nSPS) is 19.4. The third-order valence-corrected chi connectivity index (χ3v) is 6.17. The molecule has 1 aliphatic heterocycles. The lowest BCUT2D eigenvalue weighted by Crippen LogP contribution is -2.44. The van der Waals surface area contributed by atoms with Crippen LogP contribution in [-0.4, -0.2) is 32.5 Å². The van der Waals surface area contributed by atoms with Gasteiger partial charge in [0.25, 0.3) is 5.69 Å². The van der Waals surface area contributed by atoms with E-state index in [0.29, 0.717) is 11.1 Å². The molecule has 0 saturated carbocycles. The van der Waals surface area contributed by atoms with E-state index in [1.54, 1.807) is 13.8 Å². The van der Waals surface area contributed by atoms with E-state index >= 15 is 0 Å². The van der Waals surface area contributed by atoms with E-state index in [2.05, 4.69) is 10.0 Å². The fourth-order valence-corrected chi connectivity index (χ4v) is 4.55. The first kappa shape index (κ1) is 20.8. The summed E-state index contributed by atoms with van der Waals surface area (Å²) in [5.41, 5.74) is 0.920. The number of sulfonamides is 1. The molecule has 7 nitrogen and oxygen atoms in total. The molecule has 1 fully saturated rings. The van der Waals surface area contributed by atoms with Crippen LogP contribution in [0.4, 0.5) is 5.69 Å². The van der Waals surface area contributed by atoms with Gasteiger partial charge in [0.2, 0.25) is 10.0 Å². The zero-order chi connectivity index (χ0) is 17.2. The molecule has 1 aromatic carbocycles. The predicted octanol–water partition coefficient (Wildman–Crippen LogP) is 2.30. The number of rotatable bonds is 5. The molecule has 2 N–H and O–H groups in total. The Morgan fingerprint density at radius 2 is 2.04 bits per heavy atom. The highest BCUT2D eigenvalue weighted by molar-refractivity contribution is 7.89. The molecule has 0 bridgehead atoms. The van der Waals surface area contributed by atoms with E-state index in [4.69, 9.17) is 0 Å². The Bertz CT molecular complexity index is 703. The van der Waals surface area contributed by atoms with Crippen molar-refractivity contribution in [1.82, 2.24) is 10.0 Å². The van der Waals surface area contributed by atoms with Crippen molar-refractivity contribution in [1.29, 1.82) is 0 Å². The summed E-state index contributed by atoms with van der Waals surface area (Å²) in [5.74, 6) is 0.221. The fraction of sp³-hybridized carbons (Fsp3) is 0.600. The number of hydrogen-bond donors (Lipinski definition) is 2. The molecular weight excluding hydrogens is 354 g/mol. The van der Waals surface area contributed by atoms with Crippen molar-refractivity contribution >= 4 is 28.1 Å². The van der Waals surface area contributed by atoms with Crippen LogP contribution in [-0.2, 0) is 10.0 Å². The van der Waals surface area contributed by atoms with Crippen molar-refractivity contribution in [3.8, 4) is 0 Å². The summed E-state index contributed by atoms with van der Waals surface area (Å²) in [6.45, 7) is 6.92. The van der Waals surface area contributed by atoms with Crippen LogP contribution in [0.25, 0.3) is 0 Å². The van der Waals surface area contributed by atoms with Gasteiger partial charge in [-0.1, -0.05) is 0 Å². The quantitative estimate of drug-likeness (QED) is 0.605. The maximum absolute atomic E-state index is 12.7. The lowest BCUT2D eigenvalue weighted by Gasteiger charge is -2.29. The van der Waals surface area contributed by atoms with Crippen molar-refractivity contribution in [2.45, 2.75) is 44.6 Å². The number of aryl methyl sites for hydroxylation is 1. The summed E-state index contributed by atoms with van der Waals surface area (Å²) in [4.78, 5) is 10.4. The number of piperidine rings is 1. The second-order valence-electron chi connectivity index (χ2n) is 6.16. The second-order valence-corrected chi connectivity index (χ2v) is 7.84. The standard InChI is InChI=1S/C15H23N3O4S.ClH/c1-10-7-14(18(19)20)8-15(11(10)2)23(21,22)17-12(3)13-5-4-6-16-9-13;/h7-8,12-13,16-17H,4-6,9H2,1-3H3;1H. The number of non-ortho nitro benzene ring substituents is 1. The third kappa shape index (κ3) is 4.66. The number of nitro groups is 1. The Labute approximate surface area is 148 Å². The molecule has 0 radical (unpaired) electrons. The van der Waals surface area contributed by atoms with Gasteiger partial charge in [0.15, 0.2) is 0 Å². The number of nitro benzene ring substituents is 1. The molecule has 2 atom stereocenters. The Morgan fingerprint density at radius 1 is 1.38 bits per heavy atom. The number of halogens is 1. The minimum Gasteiger partial charge on any atom is -0.316 e. The molecule has 1 aromatic rings. The molecule has 0 spiro atoms. The summed E-state index contributed by atoms with van der Waals surface area (Å²) in [6.07, 6.45) is 1.98. The Hall–Kier alpha value is -1.22. The number of benzene rings is 1. The highest BCUT2D eigenvalue weighted by Gasteiger charge is 2.27. The minimum atomic E-state index is -3.80. The SMILES string of the molecule is Cc1cc([N+](=O)[O-])cc(S(=O)(=O)NC(C)C2CCCNC2)c1C.Cl. The van der Waals surface area contributed by atoms with Crippen LogP contribution in [0, 0.1) is 29.9 Å². The van der Waals surface area contributed by atoms with Gasteiger partial charge >= 0.3 is 0 Å². The minimum absolute atomic E-state index is 0. The summed E-state index contributed by atoms with van der Waals surface area (Å²) in [6, 6.07) is 2.30. The van der Waals surface area contributed by atoms with Gasteiger partial charge in [-0.2, -0.15) is 0 Å². The Morgan fingerprint density at radius 3 is 2.58 bits per heavy atom. The van der Waals surface area contributed by atoms with Crippen LogP contribution in [0.1, 0.15) is 30.9 Å². The van der Waals surface area contributed by atoms with E-state index in [9.17, 15) is 18.5 Å². The molecule has 2 unspecified atom stereocenters.